The maximum atomic E-state index is 11.9. The summed E-state index contributed by atoms with van der Waals surface area (Å²) in [7, 11) is 1.62. The zero-order valence-electron chi connectivity index (χ0n) is 16.7. The number of hydrogen-bond donors (Lipinski definition) is 1. The van der Waals surface area contributed by atoms with Crippen LogP contribution in [-0.4, -0.2) is 78.8 Å². The van der Waals surface area contributed by atoms with E-state index in [0.29, 0.717) is 38.0 Å². The fourth-order valence-corrected chi connectivity index (χ4v) is 3.17. The minimum absolute atomic E-state index is 0.0427. The summed E-state index contributed by atoms with van der Waals surface area (Å²) in [6.45, 7) is 7.71. The number of aromatic nitrogens is 2. The van der Waals surface area contributed by atoms with Crippen LogP contribution < -0.4 is 5.32 Å². The lowest BCUT2D eigenvalue weighted by Gasteiger charge is -2.33. The number of amides is 1. The van der Waals surface area contributed by atoms with Crippen molar-refractivity contribution in [1.29, 1.82) is 0 Å². The average molecular weight is 387 g/mol. The van der Waals surface area contributed by atoms with Gasteiger partial charge in [-0.1, -0.05) is 36.3 Å². The third kappa shape index (κ3) is 5.85. The van der Waals surface area contributed by atoms with E-state index < -0.39 is 0 Å². The van der Waals surface area contributed by atoms with E-state index in [9.17, 15) is 4.79 Å². The molecule has 0 bridgehead atoms. The van der Waals surface area contributed by atoms with Gasteiger partial charge in [0.25, 0.3) is 0 Å². The van der Waals surface area contributed by atoms with Crippen LogP contribution in [0.4, 0.5) is 0 Å². The number of rotatable bonds is 9. The Hall–Kier alpha value is -2.29. The molecule has 1 N–H and O–H groups in total. The lowest BCUT2D eigenvalue weighted by atomic mass is 10.1. The Balaban J connectivity index is 1.43. The van der Waals surface area contributed by atoms with Gasteiger partial charge in [0.2, 0.25) is 17.6 Å². The van der Waals surface area contributed by atoms with E-state index in [1.807, 2.05) is 12.1 Å². The molecule has 1 saturated heterocycles. The quantitative estimate of drug-likeness (QED) is 0.647. The van der Waals surface area contributed by atoms with Gasteiger partial charge in [-0.3, -0.25) is 14.6 Å². The van der Waals surface area contributed by atoms with Crippen LogP contribution in [0.1, 0.15) is 18.4 Å². The van der Waals surface area contributed by atoms with Gasteiger partial charge in [0.05, 0.1) is 19.7 Å². The zero-order valence-corrected chi connectivity index (χ0v) is 16.7. The number of nitrogens with zero attached hydrogens (tertiary/aromatic N) is 4. The summed E-state index contributed by atoms with van der Waals surface area (Å²) >= 11 is 0. The van der Waals surface area contributed by atoms with Gasteiger partial charge in [0, 0.05) is 45.4 Å². The fraction of sp³-hybridized carbons (Fsp3) is 0.550. The van der Waals surface area contributed by atoms with E-state index in [1.54, 1.807) is 7.11 Å². The van der Waals surface area contributed by atoms with Gasteiger partial charge in [-0.25, -0.2) is 0 Å². The van der Waals surface area contributed by atoms with Crippen molar-refractivity contribution in [2.24, 2.45) is 0 Å². The second-order valence-electron chi connectivity index (χ2n) is 6.96. The molecule has 0 atom stereocenters. The smallest absolute Gasteiger partial charge is 0.241 e. The molecule has 2 aromatic rings. The van der Waals surface area contributed by atoms with Crippen molar-refractivity contribution in [3.8, 4) is 11.4 Å². The Labute approximate surface area is 165 Å². The first-order valence-electron chi connectivity index (χ1n) is 9.80. The van der Waals surface area contributed by atoms with Gasteiger partial charge in [-0.15, -0.1) is 0 Å². The number of hydrogen-bond acceptors (Lipinski definition) is 7. The number of carbonyl (C=O) groups excluding carboxylic acids is 1. The van der Waals surface area contributed by atoms with Crippen LogP contribution in [0, 0.1) is 0 Å². The first-order valence-corrected chi connectivity index (χ1v) is 9.80. The van der Waals surface area contributed by atoms with Crippen molar-refractivity contribution >= 4 is 5.91 Å². The predicted molar refractivity (Wildman–Crippen MR) is 106 cm³/mol. The van der Waals surface area contributed by atoms with E-state index in [2.05, 4.69) is 44.3 Å². The molecular formula is C20H29N5O3. The number of carbonyl (C=O) groups is 1. The van der Waals surface area contributed by atoms with Gasteiger partial charge in [-0.2, -0.15) is 4.98 Å². The van der Waals surface area contributed by atoms with Crippen LogP contribution in [0.15, 0.2) is 28.8 Å². The van der Waals surface area contributed by atoms with Crippen LogP contribution >= 0.6 is 0 Å². The van der Waals surface area contributed by atoms with Crippen LogP contribution in [0.2, 0.25) is 0 Å². The Bertz CT molecular complexity index is 739. The molecule has 1 aliphatic heterocycles. The van der Waals surface area contributed by atoms with E-state index in [0.717, 1.165) is 38.2 Å². The zero-order chi connectivity index (χ0) is 19.8. The van der Waals surface area contributed by atoms with Gasteiger partial charge >= 0.3 is 0 Å². The molecule has 0 spiro atoms. The number of piperazine rings is 1. The van der Waals surface area contributed by atoms with E-state index in [1.165, 1.54) is 5.56 Å². The van der Waals surface area contributed by atoms with Gasteiger partial charge < -0.3 is 14.6 Å². The number of methoxy groups -OCH3 is 1. The molecule has 1 aliphatic rings. The molecule has 28 heavy (non-hydrogen) atoms. The fourth-order valence-electron chi connectivity index (χ4n) is 3.17. The normalized spacial score (nSPS) is 15.6. The maximum absolute atomic E-state index is 11.9. The Morgan fingerprint density at radius 3 is 2.57 bits per heavy atom. The second kappa shape index (κ2) is 10.3. The Morgan fingerprint density at radius 1 is 1.18 bits per heavy atom. The summed E-state index contributed by atoms with van der Waals surface area (Å²) in [5, 5.41) is 6.97. The standard InChI is InChI=1S/C20H29N5O3/c1-3-16-4-6-17(7-5-16)20-22-19(28-23-20)15-25-11-9-24(10-12-25)14-18(26)21-8-13-27-2/h4-7H,3,8-15H2,1-2H3,(H,21,26). The van der Waals surface area contributed by atoms with Crippen molar-refractivity contribution in [3.05, 3.63) is 35.7 Å². The highest BCUT2D eigenvalue weighted by Gasteiger charge is 2.21. The number of nitrogens with one attached hydrogen (secondary N) is 1. The largest absolute Gasteiger partial charge is 0.383 e. The molecule has 8 heteroatoms. The average Bonchev–Trinajstić information content (AvgIpc) is 3.18. The molecule has 2 heterocycles. The molecule has 1 aromatic heterocycles. The van der Waals surface area contributed by atoms with Crippen LogP contribution in [0.3, 0.4) is 0 Å². The summed E-state index contributed by atoms with van der Waals surface area (Å²) in [6.07, 6.45) is 1.01. The molecule has 0 aliphatic carbocycles. The SMILES string of the molecule is CCc1ccc(-c2noc(CN3CCN(CC(=O)NCCOC)CC3)n2)cc1. The van der Waals surface area contributed by atoms with E-state index >= 15 is 0 Å². The van der Waals surface area contributed by atoms with Crippen molar-refractivity contribution in [3.63, 3.8) is 0 Å². The lowest BCUT2D eigenvalue weighted by molar-refractivity contribution is -0.122. The lowest BCUT2D eigenvalue weighted by Crippen LogP contribution is -2.49. The van der Waals surface area contributed by atoms with Crippen molar-refractivity contribution < 1.29 is 14.1 Å². The first kappa shape index (κ1) is 20.4. The summed E-state index contributed by atoms with van der Waals surface area (Å²) in [5.41, 5.74) is 2.26. The summed E-state index contributed by atoms with van der Waals surface area (Å²) < 4.78 is 10.4. The van der Waals surface area contributed by atoms with Gasteiger partial charge in [0.15, 0.2) is 0 Å². The van der Waals surface area contributed by atoms with Gasteiger partial charge in [-0.05, 0) is 12.0 Å². The highest BCUT2D eigenvalue weighted by molar-refractivity contribution is 5.78. The molecule has 152 valence electrons. The molecule has 1 fully saturated rings. The highest BCUT2D eigenvalue weighted by atomic mass is 16.5. The minimum Gasteiger partial charge on any atom is -0.383 e. The monoisotopic (exact) mass is 387 g/mol. The maximum Gasteiger partial charge on any atom is 0.241 e. The van der Waals surface area contributed by atoms with Crippen LogP contribution in [-0.2, 0) is 22.5 Å². The summed E-state index contributed by atoms with van der Waals surface area (Å²) in [6, 6.07) is 8.25. The Morgan fingerprint density at radius 2 is 1.89 bits per heavy atom. The predicted octanol–water partition coefficient (Wildman–Crippen LogP) is 1.18. The molecule has 0 unspecified atom stereocenters. The third-order valence-corrected chi connectivity index (χ3v) is 4.91. The van der Waals surface area contributed by atoms with E-state index in [-0.39, 0.29) is 5.91 Å². The highest BCUT2D eigenvalue weighted by Crippen LogP contribution is 2.17. The summed E-state index contributed by atoms with van der Waals surface area (Å²) in [4.78, 5) is 20.8. The van der Waals surface area contributed by atoms with Crippen molar-refractivity contribution in [2.75, 3.05) is 53.0 Å². The molecule has 8 nitrogen and oxygen atoms in total. The van der Waals surface area contributed by atoms with Crippen LogP contribution in [0.25, 0.3) is 11.4 Å². The molecule has 3 rings (SSSR count). The molecule has 1 aromatic carbocycles. The second-order valence-corrected chi connectivity index (χ2v) is 6.96. The van der Waals surface area contributed by atoms with Gasteiger partial charge in [0.1, 0.15) is 0 Å². The third-order valence-electron chi connectivity index (χ3n) is 4.91. The van der Waals surface area contributed by atoms with Crippen molar-refractivity contribution in [2.45, 2.75) is 19.9 Å². The van der Waals surface area contributed by atoms with Crippen molar-refractivity contribution in [1.82, 2.24) is 25.3 Å². The first-order chi connectivity index (χ1) is 13.7. The minimum atomic E-state index is 0.0427. The van der Waals surface area contributed by atoms with Crippen LogP contribution in [0.5, 0.6) is 0 Å². The number of ether oxygens (including phenoxy) is 1. The molecule has 1 amide bonds. The Kier molecular flexibility index (Phi) is 7.53. The number of aryl methyl sites for hydroxylation is 1. The molecule has 0 radical (unpaired) electrons. The molecule has 0 saturated carbocycles. The number of benzene rings is 1. The summed E-state index contributed by atoms with van der Waals surface area (Å²) in [5.74, 6) is 1.30. The molecular weight excluding hydrogens is 358 g/mol. The van der Waals surface area contributed by atoms with E-state index in [4.69, 9.17) is 9.26 Å². The topological polar surface area (TPSA) is 83.7 Å².